The summed E-state index contributed by atoms with van der Waals surface area (Å²) in [6.45, 7) is 0. The van der Waals surface area contributed by atoms with Gasteiger partial charge in [-0.05, 0) is 76.5 Å². The Morgan fingerprint density at radius 2 is 1.08 bits per heavy atom. The van der Waals surface area contributed by atoms with Gasteiger partial charge in [-0.3, -0.25) is 0 Å². The van der Waals surface area contributed by atoms with Crippen molar-refractivity contribution in [2.24, 2.45) is 0 Å². The van der Waals surface area contributed by atoms with Crippen molar-refractivity contribution in [3.05, 3.63) is 170 Å². The second-order valence-electron chi connectivity index (χ2n) is 12.3. The molecule has 0 bridgehead atoms. The highest BCUT2D eigenvalue weighted by Crippen LogP contribution is 2.48. The number of nitrogens with zero attached hydrogens (tertiary/aromatic N) is 2. The van der Waals surface area contributed by atoms with E-state index < -0.39 is 0 Å². The van der Waals surface area contributed by atoms with Gasteiger partial charge in [0.2, 0.25) is 5.89 Å². The largest absolute Gasteiger partial charge is 0.454 e. The molecule has 2 aromatic heterocycles. The molecule has 0 unspecified atom stereocenters. The number of oxazole rings is 1. The lowest BCUT2D eigenvalue weighted by Gasteiger charge is -2.26. The number of hydrogen-bond donors (Lipinski definition) is 0. The Morgan fingerprint density at radius 3 is 1.90 bits per heavy atom. The van der Waals surface area contributed by atoms with Crippen LogP contribution in [0.1, 0.15) is 0 Å². The van der Waals surface area contributed by atoms with Crippen LogP contribution in [0.4, 0.5) is 17.1 Å². The number of furan rings is 1. The highest BCUT2D eigenvalue weighted by Gasteiger charge is 2.24. The molecule has 0 N–H and O–H groups in total. The second kappa shape index (κ2) is 11.0. The molecule has 0 radical (unpaired) electrons. The molecule has 0 saturated carbocycles. The van der Waals surface area contributed by atoms with Gasteiger partial charge >= 0.3 is 0 Å². The lowest BCUT2D eigenvalue weighted by molar-refractivity contribution is 0.623. The van der Waals surface area contributed by atoms with Crippen LogP contribution in [0.5, 0.6) is 0 Å². The quantitative estimate of drug-likeness (QED) is 0.178. The molecule has 10 rings (SSSR count). The fraction of sp³-hybridized carbons (Fsp3) is 0. The van der Waals surface area contributed by atoms with E-state index in [9.17, 15) is 0 Å². The van der Waals surface area contributed by atoms with Gasteiger partial charge in [0, 0.05) is 38.5 Å². The molecule has 2 heterocycles. The van der Waals surface area contributed by atoms with Crippen molar-refractivity contribution in [3.8, 4) is 22.6 Å². The molecule has 230 valence electrons. The molecular weight excluding hydrogens is 601 g/mol. The number of hydrogen-bond acceptors (Lipinski definition) is 4. The first kappa shape index (κ1) is 27.5. The Hall–Kier alpha value is -6.65. The molecule has 4 heteroatoms. The van der Waals surface area contributed by atoms with Crippen LogP contribution < -0.4 is 4.90 Å². The summed E-state index contributed by atoms with van der Waals surface area (Å²) in [7, 11) is 0. The third kappa shape index (κ3) is 4.42. The molecule has 0 aliphatic heterocycles. The number of benzene rings is 8. The second-order valence-corrected chi connectivity index (χ2v) is 12.3. The zero-order valence-electron chi connectivity index (χ0n) is 26.4. The first-order chi connectivity index (χ1) is 24.3. The highest BCUT2D eigenvalue weighted by molar-refractivity contribution is 6.32. The summed E-state index contributed by atoms with van der Waals surface area (Å²) in [6.07, 6.45) is 0. The summed E-state index contributed by atoms with van der Waals surface area (Å²) in [4.78, 5) is 7.24. The van der Waals surface area contributed by atoms with Gasteiger partial charge in [0.05, 0.1) is 5.69 Å². The smallest absolute Gasteiger partial charge is 0.227 e. The van der Waals surface area contributed by atoms with E-state index in [2.05, 4.69) is 138 Å². The van der Waals surface area contributed by atoms with Gasteiger partial charge < -0.3 is 13.7 Å². The van der Waals surface area contributed by atoms with Crippen LogP contribution in [0.2, 0.25) is 0 Å². The lowest BCUT2D eigenvalue weighted by Crippen LogP contribution is -2.10. The summed E-state index contributed by atoms with van der Waals surface area (Å²) in [6, 6.07) is 59.0. The van der Waals surface area contributed by atoms with Crippen molar-refractivity contribution in [1.29, 1.82) is 0 Å². The van der Waals surface area contributed by atoms with E-state index in [1.54, 1.807) is 0 Å². The third-order valence-electron chi connectivity index (χ3n) is 9.43. The molecule has 0 spiro atoms. The molecule has 0 atom stereocenters. The van der Waals surface area contributed by atoms with Crippen molar-refractivity contribution >= 4 is 71.6 Å². The number of rotatable bonds is 5. The maximum Gasteiger partial charge on any atom is 0.227 e. The minimum atomic E-state index is 0.610. The number of aromatic nitrogens is 1. The fourth-order valence-electron chi connectivity index (χ4n) is 7.22. The molecule has 49 heavy (non-hydrogen) atoms. The van der Waals surface area contributed by atoms with E-state index >= 15 is 0 Å². The third-order valence-corrected chi connectivity index (χ3v) is 9.43. The molecule has 0 aliphatic rings. The van der Waals surface area contributed by atoms with Gasteiger partial charge in [0.1, 0.15) is 11.1 Å². The average molecular weight is 629 g/mol. The van der Waals surface area contributed by atoms with Crippen LogP contribution in [0, 0.1) is 0 Å². The monoisotopic (exact) mass is 628 g/mol. The Kier molecular flexibility index (Phi) is 6.15. The van der Waals surface area contributed by atoms with Crippen LogP contribution in [-0.4, -0.2) is 4.98 Å². The van der Waals surface area contributed by atoms with Crippen LogP contribution in [0.3, 0.4) is 0 Å². The maximum atomic E-state index is 6.88. The van der Waals surface area contributed by atoms with Gasteiger partial charge in [-0.25, -0.2) is 4.98 Å². The molecule has 10 aromatic rings. The van der Waals surface area contributed by atoms with Crippen molar-refractivity contribution < 1.29 is 8.83 Å². The van der Waals surface area contributed by atoms with Crippen LogP contribution in [0.15, 0.2) is 179 Å². The van der Waals surface area contributed by atoms with Gasteiger partial charge in [-0.2, -0.15) is 0 Å². The zero-order chi connectivity index (χ0) is 32.3. The maximum absolute atomic E-state index is 6.88. The molecule has 0 saturated heterocycles. The normalized spacial score (nSPS) is 11.7. The van der Waals surface area contributed by atoms with Crippen molar-refractivity contribution in [2.75, 3.05) is 4.90 Å². The number of para-hydroxylation sites is 2. The summed E-state index contributed by atoms with van der Waals surface area (Å²) in [5.74, 6) is 0.610. The first-order valence-corrected chi connectivity index (χ1v) is 16.5. The Labute approximate surface area is 282 Å². The fourth-order valence-corrected chi connectivity index (χ4v) is 7.22. The number of anilines is 3. The molecule has 8 aromatic carbocycles. The number of fused-ring (bicyclic) bond motifs is 9. The SMILES string of the molecule is c1ccc(-c2cccc(N(c3ccccc3)c3cc4ccc5ccc6nc(-c7ccccc7)oc6c5c4c4c3oc3ccccc34)c2)cc1. The minimum absolute atomic E-state index is 0.610. The lowest BCUT2D eigenvalue weighted by atomic mass is 9.95. The Balaban J connectivity index is 1.31. The first-order valence-electron chi connectivity index (χ1n) is 16.5. The average Bonchev–Trinajstić information content (AvgIpc) is 3.79. The summed E-state index contributed by atoms with van der Waals surface area (Å²) < 4.78 is 13.5. The van der Waals surface area contributed by atoms with Crippen molar-refractivity contribution in [1.82, 2.24) is 4.98 Å². The van der Waals surface area contributed by atoms with Crippen LogP contribution >= 0.6 is 0 Å². The predicted molar refractivity (Wildman–Crippen MR) is 202 cm³/mol. The van der Waals surface area contributed by atoms with Crippen LogP contribution in [-0.2, 0) is 0 Å². The molecular formula is C45H28N2O2. The van der Waals surface area contributed by atoms with Gasteiger partial charge in [0.25, 0.3) is 0 Å². The van der Waals surface area contributed by atoms with Gasteiger partial charge in [-0.15, -0.1) is 0 Å². The van der Waals surface area contributed by atoms with Gasteiger partial charge in [0.15, 0.2) is 11.2 Å². The summed E-state index contributed by atoms with van der Waals surface area (Å²) in [5, 5.41) is 6.41. The topological polar surface area (TPSA) is 42.4 Å². The minimum Gasteiger partial charge on any atom is -0.454 e. The van der Waals surface area contributed by atoms with E-state index in [-0.39, 0.29) is 0 Å². The van der Waals surface area contributed by atoms with Gasteiger partial charge in [-0.1, -0.05) is 115 Å². The van der Waals surface area contributed by atoms with Crippen LogP contribution in [0.25, 0.3) is 77.2 Å². The molecule has 0 aliphatic carbocycles. The van der Waals surface area contributed by atoms with E-state index in [0.29, 0.717) is 5.89 Å². The predicted octanol–water partition coefficient (Wildman–Crippen LogP) is 12.8. The molecule has 4 nitrogen and oxygen atoms in total. The van der Waals surface area contributed by atoms with E-state index in [4.69, 9.17) is 13.8 Å². The Morgan fingerprint density at radius 1 is 0.429 bits per heavy atom. The highest BCUT2D eigenvalue weighted by atomic mass is 16.3. The summed E-state index contributed by atoms with van der Waals surface area (Å²) in [5.41, 5.74) is 9.56. The van der Waals surface area contributed by atoms with E-state index in [1.165, 1.54) is 5.56 Å². The zero-order valence-corrected chi connectivity index (χ0v) is 26.4. The standard InChI is InChI=1S/C45H28N2O2/c1-4-13-29(14-5-1)32-17-12-20-35(27-32)47(34-18-8-3-9-19-34)38-28-33-24-23-30-25-26-37-43(49-45(46-37)31-15-6-2-7-16-31)41(30)40(33)42-36-21-10-11-22-39(36)48-44(38)42/h1-28H. The van der Waals surface area contributed by atoms with E-state index in [0.717, 1.165) is 82.8 Å². The van der Waals surface area contributed by atoms with Crippen molar-refractivity contribution in [3.63, 3.8) is 0 Å². The Bertz CT molecular complexity index is 2820. The molecule has 0 fully saturated rings. The van der Waals surface area contributed by atoms with Crippen molar-refractivity contribution in [2.45, 2.75) is 0 Å². The van der Waals surface area contributed by atoms with E-state index in [1.807, 2.05) is 36.4 Å². The molecule has 0 amide bonds. The summed E-state index contributed by atoms with van der Waals surface area (Å²) >= 11 is 0.